The number of sulfonamides is 1. The van der Waals surface area contributed by atoms with E-state index in [4.69, 9.17) is 0 Å². The van der Waals surface area contributed by atoms with Crippen LogP contribution in [0.1, 0.15) is 45.1 Å². The lowest BCUT2D eigenvalue weighted by Crippen LogP contribution is -2.39. The summed E-state index contributed by atoms with van der Waals surface area (Å²) in [5.74, 6) is -0.142. The number of Topliss-reactive ketones (excluding diaryl/α,β-unsaturated/α-hetero) is 1. The molecule has 0 saturated carbocycles. The molecule has 4 nitrogen and oxygen atoms in total. The van der Waals surface area contributed by atoms with Gasteiger partial charge in [-0.1, -0.05) is 43.9 Å². The molecule has 0 fully saturated rings. The molecule has 5 heteroatoms. The second-order valence-electron chi connectivity index (χ2n) is 5.09. The number of carbonyl (C=O) groups is 1. The molecule has 0 spiro atoms. The zero-order valence-corrected chi connectivity index (χ0v) is 13.2. The van der Waals surface area contributed by atoms with Gasteiger partial charge in [0, 0.05) is 0 Å². The maximum atomic E-state index is 12.2. The largest absolute Gasteiger partial charge is 0.298 e. The molecule has 0 heterocycles. The SMILES string of the molecule is CCCCCC(NS(=O)(=O)c1ccc(C)cc1)C(C)=O. The minimum atomic E-state index is -3.63. The molecule has 0 amide bonds. The summed E-state index contributed by atoms with van der Waals surface area (Å²) in [5.41, 5.74) is 0.995. The molecule has 112 valence electrons. The Morgan fingerprint density at radius 2 is 1.80 bits per heavy atom. The number of unbranched alkanes of at least 4 members (excludes halogenated alkanes) is 2. The maximum absolute atomic E-state index is 12.2. The highest BCUT2D eigenvalue weighted by molar-refractivity contribution is 7.89. The first kappa shape index (κ1) is 16.9. The first-order valence-corrected chi connectivity index (χ1v) is 8.44. The van der Waals surface area contributed by atoms with Crippen LogP contribution in [0.2, 0.25) is 0 Å². The van der Waals surface area contributed by atoms with E-state index in [9.17, 15) is 13.2 Å². The maximum Gasteiger partial charge on any atom is 0.241 e. The minimum absolute atomic E-state index is 0.142. The van der Waals surface area contributed by atoms with Crippen LogP contribution >= 0.6 is 0 Å². The van der Waals surface area contributed by atoms with E-state index in [0.717, 1.165) is 24.8 Å². The smallest absolute Gasteiger partial charge is 0.241 e. The Hall–Kier alpha value is -1.20. The third-order valence-electron chi connectivity index (χ3n) is 3.22. The van der Waals surface area contributed by atoms with Crippen LogP contribution in [0.15, 0.2) is 29.2 Å². The molecule has 20 heavy (non-hydrogen) atoms. The zero-order chi connectivity index (χ0) is 15.2. The number of hydrogen-bond donors (Lipinski definition) is 1. The van der Waals surface area contributed by atoms with E-state index in [-0.39, 0.29) is 10.7 Å². The van der Waals surface area contributed by atoms with Crippen LogP contribution in [-0.2, 0) is 14.8 Å². The summed E-state index contributed by atoms with van der Waals surface area (Å²) in [7, 11) is -3.63. The molecular weight excluding hydrogens is 274 g/mol. The average molecular weight is 297 g/mol. The molecule has 1 atom stereocenters. The van der Waals surface area contributed by atoms with Crippen LogP contribution in [0.5, 0.6) is 0 Å². The van der Waals surface area contributed by atoms with Gasteiger partial charge in [0.2, 0.25) is 10.0 Å². The number of benzene rings is 1. The summed E-state index contributed by atoms with van der Waals surface area (Å²) < 4.78 is 27.0. The minimum Gasteiger partial charge on any atom is -0.298 e. The number of carbonyl (C=O) groups excluding carboxylic acids is 1. The van der Waals surface area contributed by atoms with Gasteiger partial charge in [0.15, 0.2) is 0 Å². The van der Waals surface area contributed by atoms with Crippen molar-refractivity contribution in [3.8, 4) is 0 Å². The summed E-state index contributed by atoms with van der Waals surface area (Å²) in [5, 5.41) is 0. The van der Waals surface area contributed by atoms with E-state index in [1.165, 1.54) is 6.92 Å². The van der Waals surface area contributed by atoms with Gasteiger partial charge in [0.25, 0.3) is 0 Å². The van der Waals surface area contributed by atoms with E-state index in [1.54, 1.807) is 24.3 Å². The van der Waals surface area contributed by atoms with Crippen LogP contribution in [0.25, 0.3) is 0 Å². The van der Waals surface area contributed by atoms with Crippen molar-refractivity contribution in [3.05, 3.63) is 29.8 Å². The summed E-state index contributed by atoms with van der Waals surface area (Å²) >= 11 is 0. The first-order chi connectivity index (χ1) is 9.36. The average Bonchev–Trinajstić information content (AvgIpc) is 2.38. The fraction of sp³-hybridized carbons (Fsp3) is 0.533. The molecule has 1 aromatic carbocycles. The monoisotopic (exact) mass is 297 g/mol. The Balaban J connectivity index is 2.80. The van der Waals surface area contributed by atoms with Gasteiger partial charge in [0.1, 0.15) is 5.78 Å². The van der Waals surface area contributed by atoms with Crippen molar-refractivity contribution in [2.75, 3.05) is 0 Å². The molecule has 1 aromatic rings. The van der Waals surface area contributed by atoms with Crippen LogP contribution in [0.3, 0.4) is 0 Å². The van der Waals surface area contributed by atoms with Crippen molar-refractivity contribution < 1.29 is 13.2 Å². The third-order valence-corrected chi connectivity index (χ3v) is 4.70. The normalized spacial score (nSPS) is 13.2. The fourth-order valence-corrected chi connectivity index (χ4v) is 3.21. The van der Waals surface area contributed by atoms with Gasteiger partial charge in [-0.15, -0.1) is 0 Å². The van der Waals surface area contributed by atoms with Gasteiger partial charge < -0.3 is 0 Å². The van der Waals surface area contributed by atoms with Crippen molar-refractivity contribution in [2.24, 2.45) is 0 Å². The van der Waals surface area contributed by atoms with E-state index < -0.39 is 16.1 Å². The highest BCUT2D eigenvalue weighted by atomic mass is 32.2. The fourth-order valence-electron chi connectivity index (χ4n) is 1.92. The lowest BCUT2D eigenvalue weighted by molar-refractivity contribution is -0.118. The Morgan fingerprint density at radius 1 is 1.20 bits per heavy atom. The van der Waals surface area contributed by atoms with Crippen LogP contribution in [-0.4, -0.2) is 20.2 Å². The third kappa shape index (κ3) is 5.06. The lowest BCUT2D eigenvalue weighted by Gasteiger charge is -2.16. The highest BCUT2D eigenvalue weighted by Gasteiger charge is 2.22. The van der Waals surface area contributed by atoms with Crippen LogP contribution in [0, 0.1) is 6.92 Å². The molecule has 0 aromatic heterocycles. The number of hydrogen-bond acceptors (Lipinski definition) is 3. The number of ketones is 1. The van der Waals surface area contributed by atoms with Gasteiger partial charge in [0.05, 0.1) is 10.9 Å². The van der Waals surface area contributed by atoms with E-state index in [2.05, 4.69) is 11.6 Å². The Kier molecular flexibility index (Phi) is 6.36. The number of aryl methyl sites for hydroxylation is 1. The molecule has 0 saturated heterocycles. The standard InChI is InChI=1S/C15H23NO3S/c1-4-5-6-7-15(13(3)17)16-20(18,19)14-10-8-12(2)9-11-14/h8-11,15-16H,4-7H2,1-3H3. The van der Waals surface area contributed by atoms with Crippen molar-refractivity contribution in [3.63, 3.8) is 0 Å². The molecule has 0 aliphatic heterocycles. The van der Waals surface area contributed by atoms with Crippen LogP contribution in [0.4, 0.5) is 0 Å². The van der Waals surface area contributed by atoms with Gasteiger partial charge in [-0.2, -0.15) is 0 Å². The van der Waals surface area contributed by atoms with E-state index in [0.29, 0.717) is 6.42 Å². The van der Waals surface area contributed by atoms with Gasteiger partial charge in [-0.3, -0.25) is 4.79 Å². The summed E-state index contributed by atoms with van der Waals surface area (Å²) in [6, 6.07) is 5.97. The van der Waals surface area contributed by atoms with E-state index in [1.807, 2.05) is 6.92 Å². The Labute approximate surface area is 121 Å². The molecule has 0 aliphatic carbocycles. The predicted octanol–water partition coefficient (Wildman–Crippen LogP) is 2.81. The molecular formula is C15H23NO3S. The predicted molar refractivity (Wildman–Crippen MR) is 80.1 cm³/mol. The molecule has 0 aliphatic rings. The van der Waals surface area contributed by atoms with Gasteiger partial charge in [-0.05, 0) is 32.4 Å². The van der Waals surface area contributed by atoms with E-state index >= 15 is 0 Å². The first-order valence-electron chi connectivity index (χ1n) is 6.96. The van der Waals surface area contributed by atoms with Crippen molar-refractivity contribution in [2.45, 2.75) is 57.4 Å². The van der Waals surface area contributed by atoms with Crippen molar-refractivity contribution in [1.29, 1.82) is 0 Å². The van der Waals surface area contributed by atoms with Gasteiger partial charge >= 0.3 is 0 Å². The lowest BCUT2D eigenvalue weighted by atomic mass is 10.1. The second-order valence-corrected chi connectivity index (χ2v) is 6.81. The summed E-state index contributed by atoms with van der Waals surface area (Å²) in [6.07, 6.45) is 3.43. The number of rotatable bonds is 8. The molecule has 1 N–H and O–H groups in total. The summed E-state index contributed by atoms with van der Waals surface area (Å²) in [6.45, 7) is 5.39. The highest BCUT2D eigenvalue weighted by Crippen LogP contribution is 2.13. The van der Waals surface area contributed by atoms with Gasteiger partial charge in [-0.25, -0.2) is 13.1 Å². The Morgan fingerprint density at radius 3 is 2.30 bits per heavy atom. The summed E-state index contributed by atoms with van der Waals surface area (Å²) in [4.78, 5) is 11.8. The molecule has 0 bridgehead atoms. The molecule has 1 rings (SSSR count). The topological polar surface area (TPSA) is 63.2 Å². The van der Waals surface area contributed by atoms with Crippen molar-refractivity contribution >= 4 is 15.8 Å². The quantitative estimate of drug-likeness (QED) is 0.750. The van der Waals surface area contributed by atoms with Crippen LogP contribution < -0.4 is 4.72 Å². The molecule has 1 unspecified atom stereocenters. The van der Waals surface area contributed by atoms with Crippen molar-refractivity contribution in [1.82, 2.24) is 4.72 Å². The molecule has 0 radical (unpaired) electrons. The zero-order valence-electron chi connectivity index (χ0n) is 12.3. The Bertz CT molecular complexity index is 535. The second kappa shape index (κ2) is 7.55. The number of nitrogens with one attached hydrogen (secondary N) is 1.